The lowest BCUT2D eigenvalue weighted by Gasteiger charge is -2.18. The van der Waals surface area contributed by atoms with Crippen molar-refractivity contribution in [3.8, 4) is 0 Å². The lowest BCUT2D eigenvalue weighted by Crippen LogP contribution is -2.15. The molecule has 2 nitrogen and oxygen atoms in total. The van der Waals surface area contributed by atoms with Crippen molar-refractivity contribution in [3.63, 3.8) is 0 Å². The maximum atomic E-state index is 3.59. The van der Waals surface area contributed by atoms with Gasteiger partial charge in [0.05, 0.1) is 0 Å². The maximum Gasteiger partial charge on any atom is 0.0436 e. The first-order valence-corrected chi connectivity index (χ1v) is 10.4. The third kappa shape index (κ3) is 2.95. The Bertz CT molecular complexity index is 887. The Morgan fingerprint density at radius 2 is 0.923 bits per heavy atom. The molecule has 0 unspecified atom stereocenters. The number of rotatable bonds is 2. The van der Waals surface area contributed by atoms with E-state index < -0.39 is 0 Å². The lowest BCUT2D eigenvalue weighted by molar-refractivity contribution is 0.867. The zero-order valence-electron chi connectivity index (χ0n) is 14.3. The van der Waals surface area contributed by atoms with Crippen LogP contribution in [0.1, 0.15) is 22.3 Å². The van der Waals surface area contributed by atoms with Crippen LogP contribution in [0.2, 0.25) is 0 Å². The van der Waals surface area contributed by atoms with Gasteiger partial charge in [0, 0.05) is 46.5 Å². The molecule has 0 aromatic heterocycles. The summed E-state index contributed by atoms with van der Waals surface area (Å²) >= 11 is 7.17. The molecular formula is C22H18Br2N2. The molecule has 0 atom stereocenters. The van der Waals surface area contributed by atoms with Gasteiger partial charge in [-0.05, 0) is 58.7 Å². The second kappa shape index (κ2) is 6.43. The van der Waals surface area contributed by atoms with Crippen LogP contribution in [0.3, 0.4) is 0 Å². The Kier molecular flexibility index (Phi) is 4.06. The summed E-state index contributed by atoms with van der Waals surface area (Å²) in [6.07, 6.45) is 0. The molecule has 0 bridgehead atoms. The highest BCUT2D eigenvalue weighted by molar-refractivity contribution is 9.10. The summed E-state index contributed by atoms with van der Waals surface area (Å²) in [5.41, 5.74) is 8.46. The first-order valence-electron chi connectivity index (χ1n) is 8.80. The molecule has 0 amide bonds. The number of nitrogens with zero attached hydrogens (tertiary/aromatic N) is 2. The third-order valence-electron chi connectivity index (χ3n) is 5.31. The Hall–Kier alpha value is -1.78. The Morgan fingerprint density at radius 3 is 1.27 bits per heavy atom. The van der Waals surface area contributed by atoms with Gasteiger partial charge in [0.1, 0.15) is 0 Å². The molecule has 0 saturated heterocycles. The van der Waals surface area contributed by atoms with Crippen molar-refractivity contribution >= 4 is 43.2 Å². The van der Waals surface area contributed by atoms with E-state index in [2.05, 4.69) is 102 Å². The van der Waals surface area contributed by atoms with Crippen molar-refractivity contribution in [3.05, 3.63) is 91.9 Å². The van der Waals surface area contributed by atoms with E-state index in [0.717, 1.165) is 35.1 Å². The van der Waals surface area contributed by atoms with Crippen LogP contribution in [-0.2, 0) is 26.2 Å². The first-order chi connectivity index (χ1) is 12.7. The number of hydrogen-bond donors (Lipinski definition) is 0. The fraction of sp³-hybridized carbons (Fsp3) is 0.182. The highest BCUT2D eigenvalue weighted by Gasteiger charge is 2.26. The molecule has 0 spiro atoms. The summed E-state index contributed by atoms with van der Waals surface area (Å²) in [5, 5.41) is 0. The van der Waals surface area contributed by atoms with Crippen molar-refractivity contribution in [1.82, 2.24) is 0 Å². The fourth-order valence-electron chi connectivity index (χ4n) is 4.03. The Morgan fingerprint density at radius 1 is 0.538 bits per heavy atom. The lowest BCUT2D eigenvalue weighted by atomic mass is 10.0. The number of halogens is 2. The van der Waals surface area contributed by atoms with E-state index in [1.807, 2.05) is 0 Å². The molecular weight excluding hydrogens is 452 g/mol. The molecule has 2 aliphatic rings. The van der Waals surface area contributed by atoms with Crippen molar-refractivity contribution in [2.24, 2.45) is 0 Å². The van der Waals surface area contributed by atoms with Crippen molar-refractivity contribution in [1.29, 1.82) is 0 Å². The number of hydrogen-bond acceptors (Lipinski definition) is 2. The summed E-state index contributed by atoms with van der Waals surface area (Å²) in [6, 6.07) is 22.0. The molecule has 26 heavy (non-hydrogen) atoms. The monoisotopic (exact) mass is 468 g/mol. The quantitative estimate of drug-likeness (QED) is 0.437. The Balaban J connectivity index is 1.39. The van der Waals surface area contributed by atoms with Gasteiger partial charge in [0.25, 0.3) is 0 Å². The van der Waals surface area contributed by atoms with Crippen LogP contribution < -0.4 is 9.80 Å². The SMILES string of the molecule is Brc1cccc(N2Cc3cc4c(cc3C2)CN(c2cccc(Br)c2)C4)c1. The molecule has 5 rings (SSSR count). The van der Waals surface area contributed by atoms with Gasteiger partial charge < -0.3 is 9.80 Å². The van der Waals surface area contributed by atoms with Crippen molar-refractivity contribution < 1.29 is 0 Å². The van der Waals surface area contributed by atoms with Crippen molar-refractivity contribution in [2.75, 3.05) is 9.80 Å². The van der Waals surface area contributed by atoms with Gasteiger partial charge in [-0.2, -0.15) is 0 Å². The number of benzene rings is 3. The second-order valence-corrected chi connectivity index (χ2v) is 8.89. The molecule has 3 aromatic rings. The van der Waals surface area contributed by atoms with Crippen LogP contribution in [0, 0.1) is 0 Å². The van der Waals surface area contributed by atoms with E-state index in [0.29, 0.717) is 0 Å². The normalized spacial score (nSPS) is 15.3. The maximum absolute atomic E-state index is 3.59. The zero-order chi connectivity index (χ0) is 17.7. The summed E-state index contributed by atoms with van der Waals surface area (Å²) in [6.45, 7) is 3.98. The summed E-state index contributed by atoms with van der Waals surface area (Å²) < 4.78 is 2.27. The van der Waals surface area contributed by atoms with E-state index in [1.165, 1.54) is 33.6 Å². The number of fused-ring (bicyclic) bond motifs is 2. The molecule has 3 aromatic carbocycles. The van der Waals surface area contributed by atoms with E-state index in [4.69, 9.17) is 0 Å². The molecule has 0 fully saturated rings. The van der Waals surface area contributed by atoms with Crippen LogP contribution in [0.4, 0.5) is 11.4 Å². The molecule has 0 radical (unpaired) electrons. The van der Waals surface area contributed by atoms with Gasteiger partial charge in [-0.25, -0.2) is 0 Å². The van der Waals surface area contributed by atoms with Gasteiger partial charge in [-0.3, -0.25) is 0 Å². The van der Waals surface area contributed by atoms with Gasteiger partial charge in [0.15, 0.2) is 0 Å². The van der Waals surface area contributed by atoms with Crippen LogP contribution in [-0.4, -0.2) is 0 Å². The van der Waals surface area contributed by atoms with Gasteiger partial charge in [-0.15, -0.1) is 0 Å². The van der Waals surface area contributed by atoms with E-state index in [1.54, 1.807) is 0 Å². The third-order valence-corrected chi connectivity index (χ3v) is 6.30. The van der Waals surface area contributed by atoms with Crippen LogP contribution in [0.5, 0.6) is 0 Å². The van der Waals surface area contributed by atoms with Crippen LogP contribution >= 0.6 is 31.9 Å². The predicted octanol–water partition coefficient (Wildman–Crippen LogP) is 6.25. The Labute approximate surface area is 170 Å². The average Bonchev–Trinajstić information content (AvgIpc) is 3.22. The molecule has 130 valence electrons. The molecule has 2 heterocycles. The highest BCUT2D eigenvalue weighted by Crippen LogP contribution is 2.36. The summed E-state index contributed by atoms with van der Waals surface area (Å²) in [7, 11) is 0. The average molecular weight is 470 g/mol. The topological polar surface area (TPSA) is 6.48 Å². The van der Waals surface area contributed by atoms with Gasteiger partial charge in [0.2, 0.25) is 0 Å². The molecule has 0 saturated carbocycles. The second-order valence-electron chi connectivity index (χ2n) is 7.06. The smallest absolute Gasteiger partial charge is 0.0436 e. The standard InChI is InChI=1S/C22H18Br2N2/c23-19-3-1-5-21(9-19)25-11-15-7-17-13-26(14-18(17)8-16(15)12-25)22-6-2-4-20(24)10-22/h1-10H,11-14H2. The summed E-state index contributed by atoms with van der Waals surface area (Å²) in [4.78, 5) is 4.91. The molecule has 0 aliphatic carbocycles. The van der Waals surface area contributed by atoms with E-state index in [9.17, 15) is 0 Å². The van der Waals surface area contributed by atoms with Crippen LogP contribution in [0.15, 0.2) is 69.6 Å². The highest BCUT2D eigenvalue weighted by atomic mass is 79.9. The molecule has 2 aliphatic heterocycles. The summed E-state index contributed by atoms with van der Waals surface area (Å²) in [5.74, 6) is 0. The predicted molar refractivity (Wildman–Crippen MR) is 115 cm³/mol. The van der Waals surface area contributed by atoms with Crippen LogP contribution in [0.25, 0.3) is 0 Å². The van der Waals surface area contributed by atoms with Gasteiger partial charge in [-0.1, -0.05) is 56.1 Å². The minimum absolute atomic E-state index is 0.996. The zero-order valence-corrected chi connectivity index (χ0v) is 17.4. The fourth-order valence-corrected chi connectivity index (χ4v) is 4.80. The number of anilines is 2. The minimum Gasteiger partial charge on any atom is -0.363 e. The van der Waals surface area contributed by atoms with E-state index in [-0.39, 0.29) is 0 Å². The minimum atomic E-state index is 0.996. The first kappa shape index (κ1) is 16.4. The van der Waals surface area contributed by atoms with E-state index >= 15 is 0 Å². The largest absolute Gasteiger partial charge is 0.363 e. The van der Waals surface area contributed by atoms with Gasteiger partial charge >= 0.3 is 0 Å². The molecule has 0 N–H and O–H groups in total. The molecule has 4 heteroatoms. The van der Waals surface area contributed by atoms with Crippen molar-refractivity contribution in [2.45, 2.75) is 26.2 Å².